The predicted molar refractivity (Wildman–Crippen MR) is 49.3 cm³/mol. The van der Waals surface area contributed by atoms with Crippen molar-refractivity contribution in [1.29, 1.82) is 0 Å². The fraction of sp³-hybridized carbons (Fsp3) is 0.200. The molecule has 1 heterocycles. The molecule has 0 atom stereocenters. The lowest BCUT2D eigenvalue weighted by molar-refractivity contribution is -0.113. The van der Waals surface area contributed by atoms with Gasteiger partial charge in [-0.15, -0.1) is 0 Å². The lowest BCUT2D eigenvalue weighted by atomic mass is 10.2. The monoisotopic (exact) mass is 174 g/mol. The van der Waals surface area contributed by atoms with E-state index >= 15 is 0 Å². The average Bonchev–Trinajstić information content (AvgIpc) is 2.39. The van der Waals surface area contributed by atoms with Gasteiger partial charge in [-0.25, -0.2) is 4.99 Å². The van der Waals surface area contributed by atoms with Crippen molar-refractivity contribution >= 4 is 11.6 Å². The Balaban J connectivity index is 2.84. The Bertz CT molecular complexity index is 474. The van der Waals surface area contributed by atoms with Crippen LogP contribution in [0.4, 0.5) is 0 Å². The Labute approximate surface area is 76.0 Å². The molecule has 0 fully saturated rings. The summed E-state index contributed by atoms with van der Waals surface area (Å²) in [5.41, 5.74) is 0.676. The summed E-state index contributed by atoms with van der Waals surface area (Å²) in [5, 5.41) is 1.70. The highest BCUT2D eigenvalue weighted by molar-refractivity contribution is 6.14. The van der Waals surface area contributed by atoms with E-state index in [1.54, 1.807) is 4.90 Å². The molecule has 0 aliphatic carbocycles. The number of amides is 1. The van der Waals surface area contributed by atoms with E-state index in [0.717, 1.165) is 10.6 Å². The molecule has 3 heteroatoms. The Morgan fingerprint density at radius 1 is 1.23 bits per heavy atom. The maximum Gasteiger partial charge on any atom is 0.294 e. The number of carbonyl (C=O) groups excluding carboxylic acids is 1. The van der Waals surface area contributed by atoms with Gasteiger partial charge in [0.25, 0.3) is 5.91 Å². The number of nitrogens with zero attached hydrogens (tertiary/aromatic N) is 2. The number of rotatable bonds is 1. The molecule has 0 bridgehead atoms. The van der Waals surface area contributed by atoms with Gasteiger partial charge in [0.1, 0.15) is 5.70 Å². The largest absolute Gasteiger partial charge is 0.373 e. The number of likely N-dealkylation sites (N-methyl/N-ethyl adjacent to an activating group) is 1. The molecule has 0 radical (unpaired) electrons. The highest BCUT2D eigenvalue weighted by atomic mass is 16.1. The first-order chi connectivity index (χ1) is 6.20. The van der Waals surface area contributed by atoms with Crippen LogP contribution >= 0.6 is 0 Å². The Hall–Kier alpha value is -1.64. The third-order valence-electron chi connectivity index (χ3n) is 2.03. The summed E-state index contributed by atoms with van der Waals surface area (Å²) in [4.78, 5) is 17.2. The highest BCUT2D eigenvalue weighted by Crippen LogP contribution is 2.02. The molecule has 3 nitrogen and oxygen atoms in total. The molecule has 1 amide bonds. The molecule has 1 aromatic carbocycles. The highest BCUT2D eigenvalue weighted by Gasteiger charge is 2.16. The second-order valence-electron chi connectivity index (χ2n) is 3.18. The molecule has 0 unspecified atom stereocenters. The van der Waals surface area contributed by atoms with Gasteiger partial charge in [0.15, 0.2) is 0 Å². The Kier molecular flexibility index (Phi) is 1.65. The molecule has 0 saturated heterocycles. The van der Waals surface area contributed by atoms with E-state index in [9.17, 15) is 4.79 Å². The van der Waals surface area contributed by atoms with Crippen LogP contribution in [0.25, 0.3) is 5.70 Å². The van der Waals surface area contributed by atoms with Crippen LogP contribution in [-0.4, -0.2) is 24.9 Å². The van der Waals surface area contributed by atoms with Gasteiger partial charge in [0.05, 0.1) is 5.36 Å². The van der Waals surface area contributed by atoms with Gasteiger partial charge in [0.2, 0.25) is 0 Å². The first kappa shape index (κ1) is 7.98. The van der Waals surface area contributed by atoms with Gasteiger partial charge < -0.3 is 4.90 Å². The van der Waals surface area contributed by atoms with Crippen LogP contribution in [0, 0.1) is 0 Å². The van der Waals surface area contributed by atoms with Gasteiger partial charge in [-0.1, -0.05) is 18.2 Å². The lowest BCUT2D eigenvalue weighted by Crippen LogP contribution is -2.27. The summed E-state index contributed by atoms with van der Waals surface area (Å²) in [5.74, 6) is -0.147. The van der Waals surface area contributed by atoms with Crippen molar-refractivity contribution in [3.8, 4) is 0 Å². The van der Waals surface area contributed by atoms with Gasteiger partial charge in [-0.05, 0) is 6.07 Å². The molecule has 0 spiro atoms. The van der Waals surface area contributed by atoms with Crippen molar-refractivity contribution in [3.63, 3.8) is 0 Å². The van der Waals surface area contributed by atoms with Gasteiger partial charge in [-0.3, -0.25) is 4.79 Å². The van der Waals surface area contributed by atoms with Crippen LogP contribution in [0.3, 0.4) is 0 Å². The molecule has 1 aliphatic rings. The summed E-state index contributed by atoms with van der Waals surface area (Å²) < 4.78 is 0. The summed E-state index contributed by atoms with van der Waals surface area (Å²) in [6, 6.07) is 7.56. The zero-order chi connectivity index (χ0) is 9.42. The molecule has 0 N–H and O–H groups in total. The second kappa shape index (κ2) is 2.69. The maximum atomic E-state index is 11.4. The van der Waals surface area contributed by atoms with Crippen molar-refractivity contribution < 1.29 is 4.79 Å². The number of hydrogen-bond donors (Lipinski definition) is 0. The first-order valence-electron chi connectivity index (χ1n) is 4.10. The van der Waals surface area contributed by atoms with Gasteiger partial charge >= 0.3 is 0 Å². The molecule has 13 heavy (non-hydrogen) atoms. The minimum absolute atomic E-state index is 0.147. The number of hydrogen-bond acceptors (Lipinski definition) is 2. The normalized spacial score (nSPS) is 14.0. The molecular formula is C10H10N2O. The molecular weight excluding hydrogens is 164 g/mol. The minimum atomic E-state index is -0.147. The molecule has 0 aromatic heterocycles. The van der Waals surface area contributed by atoms with Gasteiger partial charge in [-0.2, -0.15) is 0 Å². The van der Waals surface area contributed by atoms with Gasteiger partial charge in [0, 0.05) is 19.3 Å². The summed E-state index contributed by atoms with van der Waals surface area (Å²) in [7, 11) is 3.70. The summed E-state index contributed by atoms with van der Waals surface area (Å²) >= 11 is 0. The average molecular weight is 174 g/mol. The van der Waals surface area contributed by atoms with Crippen LogP contribution in [0.15, 0.2) is 29.3 Å². The van der Waals surface area contributed by atoms with E-state index in [1.165, 1.54) is 0 Å². The van der Waals surface area contributed by atoms with Crippen LogP contribution in [0.1, 0.15) is 0 Å². The molecule has 0 saturated carbocycles. The zero-order valence-corrected chi connectivity index (χ0v) is 7.61. The van der Waals surface area contributed by atoms with Crippen molar-refractivity contribution in [2.75, 3.05) is 14.1 Å². The number of carbonyl (C=O) groups is 1. The lowest BCUT2D eigenvalue weighted by Gasteiger charge is -2.10. The van der Waals surface area contributed by atoms with Crippen molar-refractivity contribution in [1.82, 2.24) is 4.90 Å². The number of benzene rings is 1. The SMILES string of the molecule is CN(C)C1=c2ccccc2=NC1=O. The van der Waals surface area contributed by atoms with E-state index in [1.807, 2.05) is 38.4 Å². The van der Waals surface area contributed by atoms with Crippen molar-refractivity contribution in [3.05, 3.63) is 34.8 Å². The molecule has 1 aromatic rings. The first-order valence-corrected chi connectivity index (χ1v) is 4.10. The second-order valence-corrected chi connectivity index (χ2v) is 3.18. The fourth-order valence-corrected chi connectivity index (χ4v) is 1.48. The van der Waals surface area contributed by atoms with Crippen LogP contribution in [0.2, 0.25) is 0 Å². The summed E-state index contributed by atoms with van der Waals surface area (Å²) in [6.45, 7) is 0. The Morgan fingerprint density at radius 3 is 2.62 bits per heavy atom. The van der Waals surface area contributed by atoms with E-state index in [-0.39, 0.29) is 5.91 Å². The van der Waals surface area contributed by atoms with E-state index in [0.29, 0.717) is 5.70 Å². The maximum absolute atomic E-state index is 11.4. The van der Waals surface area contributed by atoms with E-state index in [2.05, 4.69) is 4.99 Å². The van der Waals surface area contributed by atoms with Crippen LogP contribution in [-0.2, 0) is 4.79 Å². The molecule has 2 rings (SSSR count). The molecule has 66 valence electrons. The van der Waals surface area contributed by atoms with E-state index < -0.39 is 0 Å². The molecule has 1 aliphatic heterocycles. The smallest absolute Gasteiger partial charge is 0.294 e. The quantitative estimate of drug-likeness (QED) is 0.576. The van der Waals surface area contributed by atoms with Crippen molar-refractivity contribution in [2.45, 2.75) is 0 Å². The number of fused-ring (bicyclic) bond motifs is 1. The topological polar surface area (TPSA) is 32.7 Å². The zero-order valence-electron chi connectivity index (χ0n) is 7.61. The number of para-hydroxylation sites is 1. The van der Waals surface area contributed by atoms with E-state index in [4.69, 9.17) is 0 Å². The third kappa shape index (κ3) is 1.13. The summed E-state index contributed by atoms with van der Waals surface area (Å²) in [6.07, 6.45) is 0. The fourth-order valence-electron chi connectivity index (χ4n) is 1.48. The minimum Gasteiger partial charge on any atom is -0.373 e. The standard InChI is InChI=1S/C10H10N2O/c1-12(2)9-7-5-3-4-6-8(7)11-10(9)13/h3-6H,1-2H3. The third-order valence-corrected chi connectivity index (χ3v) is 2.03. The predicted octanol–water partition coefficient (Wildman–Crippen LogP) is -0.484. The van der Waals surface area contributed by atoms with Crippen molar-refractivity contribution in [2.24, 2.45) is 4.99 Å². The Morgan fingerprint density at radius 2 is 1.92 bits per heavy atom. The van der Waals surface area contributed by atoms with Crippen LogP contribution in [0.5, 0.6) is 0 Å². The van der Waals surface area contributed by atoms with Crippen LogP contribution < -0.4 is 10.6 Å².